The zero-order valence-electron chi connectivity index (χ0n) is 10.5. The first kappa shape index (κ1) is 14.7. The first-order valence-corrected chi connectivity index (χ1v) is 6.75. The lowest BCUT2D eigenvalue weighted by Gasteiger charge is -2.15. The van der Waals surface area contributed by atoms with Gasteiger partial charge in [-0.1, -0.05) is 6.07 Å². The minimum atomic E-state index is 0.0140. The second-order valence-corrected chi connectivity index (χ2v) is 5.06. The van der Waals surface area contributed by atoms with Gasteiger partial charge in [0.05, 0.1) is 6.54 Å². The number of rotatable bonds is 9. The molecular formula is C12H19N3O2S. The largest absolute Gasteiger partial charge is 0.359 e. The molecular weight excluding hydrogens is 250 g/mol. The molecule has 5 nitrogen and oxygen atoms in total. The van der Waals surface area contributed by atoms with Gasteiger partial charge in [-0.15, -0.1) is 11.3 Å². The third-order valence-corrected chi connectivity index (χ3v) is 3.18. The lowest BCUT2D eigenvalue weighted by Crippen LogP contribution is -2.35. The summed E-state index contributed by atoms with van der Waals surface area (Å²) in [6.07, 6.45) is 1.41. The molecule has 1 aromatic rings. The van der Waals surface area contributed by atoms with E-state index in [9.17, 15) is 9.59 Å². The Kier molecular flexibility index (Phi) is 7.05. The Morgan fingerprint density at radius 3 is 3.00 bits per heavy atom. The molecule has 0 aliphatic heterocycles. The van der Waals surface area contributed by atoms with Gasteiger partial charge in [0.15, 0.2) is 0 Å². The molecule has 100 valence electrons. The minimum absolute atomic E-state index is 0.0140. The summed E-state index contributed by atoms with van der Waals surface area (Å²) in [6, 6.07) is 4.07. The Hall–Kier alpha value is -1.40. The molecule has 0 atom stereocenters. The predicted octanol–water partition coefficient (Wildman–Crippen LogP) is 0.432. The SMILES string of the molecule is CN(CC(=O)NCCCNC=O)Cc1cccs1. The van der Waals surface area contributed by atoms with Crippen LogP contribution >= 0.6 is 11.3 Å². The molecule has 2 N–H and O–H groups in total. The van der Waals surface area contributed by atoms with Crippen LogP contribution in [-0.2, 0) is 16.1 Å². The minimum Gasteiger partial charge on any atom is -0.359 e. The summed E-state index contributed by atoms with van der Waals surface area (Å²) in [6.45, 7) is 2.36. The van der Waals surface area contributed by atoms with Crippen LogP contribution < -0.4 is 10.6 Å². The highest BCUT2D eigenvalue weighted by atomic mass is 32.1. The van der Waals surface area contributed by atoms with E-state index in [1.807, 2.05) is 23.4 Å². The Morgan fingerprint density at radius 1 is 1.50 bits per heavy atom. The Balaban J connectivity index is 2.09. The third kappa shape index (κ3) is 6.36. The molecule has 0 aliphatic rings. The number of hydrogen-bond acceptors (Lipinski definition) is 4. The van der Waals surface area contributed by atoms with E-state index in [0.717, 1.165) is 13.0 Å². The average Bonchev–Trinajstić information content (AvgIpc) is 2.81. The van der Waals surface area contributed by atoms with E-state index < -0.39 is 0 Å². The van der Waals surface area contributed by atoms with Crippen LogP contribution in [0.15, 0.2) is 17.5 Å². The molecule has 18 heavy (non-hydrogen) atoms. The number of likely N-dealkylation sites (N-methyl/N-ethyl adjacent to an activating group) is 1. The zero-order chi connectivity index (χ0) is 13.2. The summed E-state index contributed by atoms with van der Waals surface area (Å²) < 4.78 is 0. The van der Waals surface area contributed by atoms with Crippen molar-refractivity contribution in [2.24, 2.45) is 0 Å². The summed E-state index contributed by atoms with van der Waals surface area (Å²) in [7, 11) is 1.92. The zero-order valence-corrected chi connectivity index (χ0v) is 11.3. The van der Waals surface area contributed by atoms with E-state index in [2.05, 4.69) is 16.7 Å². The first-order valence-electron chi connectivity index (χ1n) is 5.87. The van der Waals surface area contributed by atoms with Crippen molar-refractivity contribution >= 4 is 23.7 Å². The first-order chi connectivity index (χ1) is 8.72. The molecule has 0 fully saturated rings. The summed E-state index contributed by atoms with van der Waals surface area (Å²) in [5, 5.41) is 7.40. The van der Waals surface area contributed by atoms with Gasteiger partial charge in [-0.25, -0.2) is 0 Å². The van der Waals surface area contributed by atoms with Crippen molar-refractivity contribution in [2.75, 3.05) is 26.7 Å². The molecule has 0 spiro atoms. The van der Waals surface area contributed by atoms with Gasteiger partial charge in [0.2, 0.25) is 12.3 Å². The number of carbonyl (C=O) groups excluding carboxylic acids is 2. The molecule has 1 rings (SSSR count). The van der Waals surface area contributed by atoms with Gasteiger partial charge in [-0.3, -0.25) is 14.5 Å². The highest BCUT2D eigenvalue weighted by molar-refractivity contribution is 7.09. The third-order valence-electron chi connectivity index (χ3n) is 2.32. The van der Waals surface area contributed by atoms with Crippen LogP contribution in [0, 0.1) is 0 Å². The van der Waals surface area contributed by atoms with Crippen LogP contribution in [0.1, 0.15) is 11.3 Å². The van der Waals surface area contributed by atoms with E-state index in [1.165, 1.54) is 4.88 Å². The van der Waals surface area contributed by atoms with E-state index in [-0.39, 0.29) is 5.91 Å². The van der Waals surface area contributed by atoms with Crippen molar-refractivity contribution in [3.63, 3.8) is 0 Å². The smallest absolute Gasteiger partial charge is 0.234 e. The topological polar surface area (TPSA) is 61.4 Å². The molecule has 1 aromatic heterocycles. The lowest BCUT2D eigenvalue weighted by atomic mass is 10.4. The van der Waals surface area contributed by atoms with Gasteiger partial charge in [0.25, 0.3) is 0 Å². The fourth-order valence-electron chi connectivity index (χ4n) is 1.50. The van der Waals surface area contributed by atoms with Crippen LogP contribution in [-0.4, -0.2) is 43.9 Å². The fraction of sp³-hybridized carbons (Fsp3) is 0.500. The van der Waals surface area contributed by atoms with Crippen LogP contribution in [0.4, 0.5) is 0 Å². The summed E-state index contributed by atoms with van der Waals surface area (Å²) in [4.78, 5) is 24.8. The molecule has 0 aromatic carbocycles. The molecule has 0 bridgehead atoms. The van der Waals surface area contributed by atoms with Crippen molar-refractivity contribution < 1.29 is 9.59 Å². The van der Waals surface area contributed by atoms with Gasteiger partial charge < -0.3 is 10.6 Å². The normalized spacial score (nSPS) is 10.3. The van der Waals surface area contributed by atoms with Crippen LogP contribution in [0.2, 0.25) is 0 Å². The van der Waals surface area contributed by atoms with Gasteiger partial charge in [0, 0.05) is 24.5 Å². The Bertz CT molecular complexity index is 354. The Labute approximate surface area is 111 Å². The fourth-order valence-corrected chi connectivity index (χ4v) is 2.29. The maximum atomic E-state index is 11.6. The van der Waals surface area contributed by atoms with Gasteiger partial charge in [0.1, 0.15) is 0 Å². The molecule has 0 aliphatic carbocycles. The number of nitrogens with zero attached hydrogens (tertiary/aromatic N) is 1. The standard InChI is InChI=1S/C12H19N3O2S/c1-15(8-11-4-2-7-18-11)9-12(17)14-6-3-5-13-10-16/h2,4,7,10H,3,5-6,8-9H2,1H3,(H,13,16)(H,14,17). The molecule has 0 unspecified atom stereocenters. The second kappa shape index (κ2) is 8.66. The van der Waals surface area contributed by atoms with Crippen LogP contribution in [0.25, 0.3) is 0 Å². The number of hydrogen-bond donors (Lipinski definition) is 2. The summed E-state index contributed by atoms with van der Waals surface area (Å²) >= 11 is 1.69. The molecule has 0 radical (unpaired) electrons. The van der Waals surface area contributed by atoms with Gasteiger partial charge >= 0.3 is 0 Å². The second-order valence-electron chi connectivity index (χ2n) is 4.03. The summed E-state index contributed by atoms with van der Waals surface area (Å²) in [5.74, 6) is 0.0140. The Morgan fingerprint density at radius 2 is 2.33 bits per heavy atom. The number of nitrogens with one attached hydrogen (secondary N) is 2. The van der Waals surface area contributed by atoms with E-state index in [4.69, 9.17) is 0 Å². The quantitative estimate of drug-likeness (QED) is 0.505. The van der Waals surface area contributed by atoms with Crippen LogP contribution in [0.5, 0.6) is 0 Å². The summed E-state index contributed by atoms with van der Waals surface area (Å²) in [5.41, 5.74) is 0. The molecule has 1 heterocycles. The van der Waals surface area contributed by atoms with Gasteiger partial charge in [-0.05, 0) is 24.9 Å². The highest BCUT2D eigenvalue weighted by Gasteiger charge is 2.06. The number of amides is 2. The molecule has 6 heteroatoms. The monoisotopic (exact) mass is 269 g/mol. The van der Waals surface area contributed by atoms with Crippen molar-refractivity contribution in [2.45, 2.75) is 13.0 Å². The van der Waals surface area contributed by atoms with Crippen molar-refractivity contribution in [1.82, 2.24) is 15.5 Å². The highest BCUT2D eigenvalue weighted by Crippen LogP contribution is 2.10. The lowest BCUT2D eigenvalue weighted by molar-refractivity contribution is -0.122. The molecule has 2 amide bonds. The predicted molar refractivity (Wildman–Crippen MR) is 72.3 cm³/mol. The van der Waals surface area contributed by atoms with Crippen molar-refractivity contribution in [1.29, 1.82) is 0 Å². The van der Waals surface area contributed by atoms with Crippen molar-refractivity contribution in [3.05, 3.63) is 22.4 Å². The van der Waals surface area contributed by atoms with E-state index in [0.29, 0.717) is 26.0 Å². The molecule has 0 saturated heterocycles. The van der Waals surface area contributed by atoms with E-state index in [1.54, 1.807) is 11.3 Å². The van der Waals surface area contributed by atoms with Crippen LogP contribution in [0.3, 0.4) is 0 Å². The maximum Gasteiger partial charge on any atom is 0.234 e. The van der Waals surface area contributed by atoms with E-state index >= 15 is 0 Å². The molecule has 0 saturated carbocycles. The maximum absolute atomic E-state index is 11.6. The number of carbonyl (C=O) groups is 2. The number of thiophene rings is 1. The average molecular weight is 269 g/mol. The van der Waals surface area contributed by atoms with Crippen molar-refractivity contribution in [3.8, 4) is 0 Å². The van der Waals surface area contributed by atoms with Gasteiger partial charge in [-0.2, -0.15) is 0 Å².